The van der Waals surface area contributed by atoms with Crippen LogP contribution in [0.1, 0.15) is 27.2 Å². The average Bonchev–Trinajstić information content (AvgIpc) is 2.97. The van der Waals surface area contributed by atoms with E-state index in [0.717, 1.165) is 16.2 Å². The van der Waals surface area contributed by atoms with Crippen molar-refractivity contribution in [2.45, 2.75) is 38.5 Å². The maximum Gasteiger partial charge on any atom is 0.411 e. The number of aliphatic carboxylic acids is 1. The number of alkyl halides is 3. The Bertz CT molecular complexity index is 1730. The van der Waals surface area contributed by atoms with Gasteiger partial charge in [0, 0.05) is 47.7 Å². The average molecular weight is 616 g/mol. The van der Waals surface area contributed by atoms with Gasteiger partial charge in [-0.2, -0.15) is 13.2 Å². The number of rotatable bonds is 7. The summed E-state index contributed by atoms with van der Waals surface area (Å²) in [4.78, 5) is 39.2. The molecule has 0 saturated carbocycles. The topological polar surface area (TPSA) is 118 Å². The molecule has 0 unspecified atom stereocenters. The molecule has 0 spiro atoms. The van der Waals surface area contributed by atoms with Crippen LogP contribution in [0.2, 0.25) is 0 Å². The van der Waals surface area contributed by atoms with E-state index < -0.39 is 59.6 Å². The van der Waals surface area contributed by atoms with Crippen LogP contribution in [-0.4, -0.2) is 70.0 Å². The van der Waals surface area contributed by atoms with E-state index in [-0.39, 0.29) is 19.6 Å². The van der Waals surface area contributed by atoms with Crippen molar-refractivity contribution in [1.29, 1.82) is 0 Å². The van der Waals surface area contributed by atoms with E-state index >= 15 is 8.78 Å². The predicted octanol–water partition coefficient (Wildman–Crippen LogP) is 4.78. The molecule has 1 amide bonds. The Kier molecular flexibility index (Phi) is 8.46. The van der Waals surface area contributed by atoms with Crippen molar-refractivity contribution in [3.8, 4) is 11.4 Å². The quantitative estimate of drug-likeness (QED) is 0.286. The number of nitrogens with zero attached hydrogens (tertiary/aromatic N) is 4. The first-order valence-electron chi connectivity index (χ1n) is 13.5. The molecule has 2 aromatic heterocycles. The molecule has 3 heterocycles. The predicted molar refractivity (Wildman–Crippen MR) is 149 cm³/mol. The first-order chi connectivity index (χ1) is 20.8. The molecule has 1 aliphatic rings. The van der Waals surface area contributed by atoms with E-state index in [0.29, 0.717) is 40.0 Å². The molecule has 5 rings (SSSR count). The third kappa shape index (κ3) is 6.16. The fourth-order valence-electron chi connectivity index (χ4n) is 5.02. The summed E-state index contributed by atoms with van der Waals surface area (Å²) in [5.41, 5.74) is 1.67. The van der Waals surface area contributed by atoms with Gasteiger partial charge in [-0.1, -0.05) is 12.1 Å². The summed E-state index contributed by atoms with van der Waals surface area (Å²) in [6.07, 6.45) is -1.78. The van der Waals surface area contributed by atoms with Gasteiger partial charge < -0.3 is 20.1 Å². The molecule has 4 aromatic rings. The summed E-state index contributed by atoms with van der Waals surface area (Å²) < 4.78 is 75.5. The van der Waals surface area contributed by atoms with Crippen LogP contribution in [0.15, 0.2) is 48.8 Å². The molecule has 230 valence electrons. The Hall–Kier alpha value is -4.72. The lowest BCUT2D eigenvalue weighted by Gasteiger charge is -2.38. The minimum Gasteiger partial charge on any atom is -0.480 e. The Morgan fingerprint density at radius 3 is 2.52 bits per heavy atom. The molecule has 2 aromatic carbocycles. The van der Waals surface area contributed by atoms with Gasteiger partial charge in [-0.15, -0.1) is 0 Å². The van der Waals surface area contributed by atoms with E-state index in [4.69, 9.17) is 4.74 Å². The number of aromatic nitrogens is 3. The van der Waals surface area contributed by atoms with Gasteiger partial charge in [-0.3, -0.25) is 9.78 Å². The minimum atomic E-state index is -4.73. The van der Waals surface area contributed by atoms with Crippen molar-refractivity contribution in [3.05, 3.63) is 82.8 Å². The van der Waals surface area contributed by atoms with Crippen LogP contribution < -0.4 is 10.2 Å². The normalized spacial score (nSPS) is 16.2. The van der Waals surface area contributed by atoms with Crippen molar-refractivity contribution in [3.63, 3.8) is 0 Å². The van der Waals surface area contributed by atoms with Gasteiger partial charge in [-0.05, 0) is 49.2 Å². The number of hydrogen-bond donors (Lipinski definition) is 2. The number of hydrogen-bond acceptors (Lipinski definition) is 7. The molecule has 14 heteroatoms. The van der Waals surface area contributed by atoms with Crippen LogP contribution in [0.4, 0.5) is 27.6 Å². The van der Waals surface area contributed by atoms with Crippen LogP contribution in [0.3, 0.4) is 0 Å². The molecule has 0 aliphatic carbocycles. The number of pyridine rings is 1. The van der Waals surface area contributed by atoms with Gasteiger partial charge in [0.1, 0.15) is 29.3 Å². The van der Waals surface area contributed by atoms with Crippen LogP contribution in [0.5, 0.6) is 0 Å². The Morgan fingerprint density at radius 1 is 1.14 bits per heavy atom. The lowest BCUT2D eigenvalue weighted by atomic mass is 9.97. The fraction of sp³-hybridized carbons (Fsp3) is 0.300. The van der Waals surface area contributed by atoms with Gasteiger partial charge in [0.15, 0.2) is 5.82 Å². The largest absolute Gasteiger partial charge is 0.480 e. The maximum absolute atomic E-state index is 15.1. The number of anilines is 1. The monoisotopic (exact) mass is 615 g/mol. The number of ether oxygens (including phenoxy) is 1. The van der Waals surface area contributed by atoms with Crippen molar-refractivity contribution < 1.29 is 41.4 Å². The molecular formula is C30H26F5N5O4. The molecule has 2 N–H and O–H groups in total. The molecular weight excluding hydrogens is 589 g/mol. The third-order valence-electron chi connectivity index (χ3n) is 7.45. The molecule has 1 saturated heterocycles. The van der Waals surface area contributed by atoms with Gasteiger partial charge in [-0.25, -0.2) is 23.5 Å². The number of amides is 1. The Morgan fingerprint density at radius 2 is 1.86 bits per heavy atom. The molecule has 9 nitrogen and oxygen atoms in total. The van der Waals surface area contributed by atoms with Crippen molar-refractivity contribution in [2.75, 3.05) is 24.7 Å². The zero-order valence-electron chi connectivity index (χ0n) is 23.5. The van der Waals surface area contributed by atoms with Crippen molar-refractivity contribution in [2.24, 2.45) is 0 Å². The third-order valence-corrected chi connectivity index (χ3v) is 7.45. The first kappa shape index (κ1) is 30.7. The van der Waals surface area contributed by atoms with Gasteiger partial charge >= 0.3 is 12.1 Å². The van der Waals surface area contributed by atoms with Crippen LogP contribution in [0.25, 0.3) is 22.3 Å². The molecule has 1 aliphatic heterocycles. The highest BCUT2D eigenvalue weighted by Crippen LogP contribution is 2.33. The number of aryl methyl sites for hydroxylation is 2. The molecule has 0 bridgehead atoms. The number of nitrogens with one attached hydrogen (secondary N) is 1. The Labute approximate surface area is 247 Å². The Balaban J connectivity index is 1.42. The molecule has 2 atom stereocenters. The van der Waals surface area contributed by atoms with Gasteiger partial charge in [0.05, 0.1) is 18.7 Å². The number of fused-ring (bicyclic) bond motifs is 1. The van der Waals surface area contributed by atoms with E-state index in [2.05, 4.69) is 20.3 Å². The van der Waals surface area contributed by atoms with E-state index in [1.165, 1.54) is 0 Å². The number of carboxylic acids is 1. The van der Waals surface area contributed by atoms with Gasteiger partial charge in [0.25, 0.3) is 5.91 Å². The number of carbonyl (C=O) groups excluding carboxylic acids is 1. The van der Waals surface area contributed by atoms with E-state index in [1.54, 1.807) is 36.7 Å². The van der Waals surface area contributed by atoms with Crippen molar-refractivity contribution >= 4 is 28.5 Å². The SMILES string of the molecule is Cc1cnc(-c2ccc(C[C@H](NC(=O)c3c(F)cc(N4CCOC[C@@H]4C(F)(F)F)cc3F)C(=O)O)c3cccnc23)nc1C. The second-order valence-electron chi connectivity index (χ2n) is 10.3. The summed E-state index contributed by atoms with van der Waals surface area (Å²) in [7, 11) is 0. The second-order valence-corrected chi connectivity index (χ2v) is 10.3. The summed E-state index contributed by atoms with van der Waals surface area (Å²) in [5, 5.41) is 12.6. The lowest BCUT2D eigenvalue weighted by molar-refractivity contribution is -0.167. The lowest BCUT2D eigenvalue weighted by Crippen LogP contribution is -2.53. The highest BCUT2D eigenvalue weighted by atomic mass is 19.4. The van der Waals surface area contributed by atoms with E-state index in [1.807, 2.05) is 13.8 Å². The maximum atomic E-state index is 15.1. The van der Waals surface area contributed by atoms with Crippen LogP contribution in [-0.2, 0) is 16.0 Å². The molecule has 0 radical (unpaired) electrons. The minimum absolute atomic E-state index is 0.0960. The zero-order valence-corrected chi connectivity index (χ0v) is 23.5. The zero-order chi connectivity index (χ0) is 31.8. The van der Waals surface area contributed by atoms with Crippen LogP contribution in [0, 0.1) is 25.5 Å². The number of carboxylic acid groups (broad SMARTS) is 1. The molecule has 1 fully saturated rings. The molecule has 44 heavy (non-hydrogen) atoms. The summed E-state index contributed by atoms with van der Waals surface area (Å²) in [6, 6.07) is 4.14. The standard InChI is InChI=1S/C30H26F5N5O4/c1-15-13-37-27(38-16(15)2)20-6-5-17(19-4-3-7-36-26(19)20)10-23(29(42)43)39-28(41)25-21(31)11-18(12-22(25)32)40-8-9-44-14-24(40)30(33,34)35/h3-7,11-13,23-24H,8-10,14H2,1-2H3,(H,39,41)(H,42,43)/t23-,24+/m0/s1. The van der Waals surface area contributed by atoms with Gasteiger partial charge in [0.2, 0.25) is 0 Å². The fourth-order valence-corrected chi connectivity index (χ4v) is 5.02. The highest BCUT2D eigenvalue weighted by molar-refractivity contribution is 5.98. The number of carbonyl (C=O) groups is 2. The highest BCUT2D eigenvalue weighted by Gasteiger charge is 2.46. The van der Waals surface area contributed by atoms with Crippen LogP contribution >= 0.6 is 0 Å². The van der Waals surface area contributed by atoms with Crippen molar-refractivity contribution in [1.82, 2.24) is 20.3 Å². The number of benzene rings is 2. The first-order valence-corrected chi connectivity index (χ1v) is 13.5. The second kappa shape index (κ2) is 12.1. The van der Waals surface area contributed by atoms with E-state index in [9.17, 15) is 27.9 Å². The summed E-state index contributed by atoms with van der Waals surface area (Å²) in [6.45, 7) is 2.61. The number of halogens is 5. The summed E-state index contributed by atoms with van der Waals surface area (Å²) >= 11 is 0. The number of morpholine rings is 1. The smallest absolute Gasteiger partial charge is 0.411 e. The summed E-state index contributed by atoms with van der Waals surface area (Å²) in [5.74, 6) is -5.33.